The normalized spacial score (nSPS) is 17.2. The van der Waals surface area contributed by atoms with Gasteiger partial charge in [-0.1, -0.05) is 18.9 Å². The Bertz CT molecular complexity index is 453. The summed E-state index contributed by atoms with van der Waals surface area (Å²) in [4.78, 5) is 12.3. The predicted octanol–water partition coefficient (Wildman–Crippen LogP) is 2.59. The van der Waals surface area contributed by atoms with Gasteiger partial charge >= 0.3 is 0 Å². The van der Waals surface area contributed by atoms with Crippen molar-refractivity contribution in [3.05, 3.63) is 23.8 Å². The molecule has 19 heavy (non-hydrogen) atoms. The van der Waals surface area contributed by atoms with Crippen LogP contribution >= 0.6 is 0 Å². The molecule has 1 aromatic rings. The van der Waals surface area contributed by atoms with E-state index >= 15 is 0 Å². The Morgan fingerprint density at radius 2 is 2.11 bits per heavy atom. The van der Waals surface area contributed by atoms with Gasteiger partial charge in [-0.05, 0) is 37.8 Å². The first-order chi connectivity index (χ1) is 9.13. The van der Waals surface area contributed by atoms with E-state index in [0.717, 1.165) is 0 Å². The van der Waals surface area contributed by atoms with E-state index in [-0.39, 0.29) is 11.9 Å². The number of rotatable bonds is 4. The Hall–Kier alpha value is -1.71. The first-order valence-corrected chi connectivity index (χ1v) is 6.87. The zero-order valence-electron chi connectivity index (χ0n) is 11.6. The smallest absolute Gasteiger partial charge is 0.253 e. The van der Waals surface area contributed by atoms with Gasteiger partial charge < -0.3 is 15.8 Å². The zero-order valence-corrected chi connectivity index (χ0v) is 11.6. The maximum Gasteiger partial charge on any atom is 0.253 e. The van der Waals surface area contributed by atoms with E-state index in [2.05, 4.69) is 12.2 Å². The van der Waals surface area contributed by atoms with Crippen LogP contribution in [-0.2, 0) is 0 Å². The van der Waals surface area contributed by atoms with Crippen molar-refractivity contribution in [3.63, 3.8) is 0 Å². The summed E-state index contributed by atoms with van der Waals surface area (Å²) in [5.41, 5.74) is 6.83. The Kier molecular flexibility index (Phi) is 4.30. The monoisotopic (exact) mass is 262 g/mol. The highest BCUT2D eigenvalue weighted by molar-refractivity contribution is 6.00. The van der Waals surface area contributed by atoms with E-state index in [0.29, 0.717) is 22.9 Å². The van der Waals surface area contributed by atoms with E-state index in [1.165, 1.54) is 25.7 Å². The number of benzene rings is 1. The number of methoxy groups -OCH3 is 1. The third kappa shape index (κ3) is 3.00. The summed E-state index contributed by atoms with van der Waals surface area (Å²) in [6.07, 6.45) is 4.95. The van der Waals surface area contributed by atoms with Gasteiger partial charge in [0.1, 0.15) is 5.75 Å². The molecular formula is C15H22N2O2. The molecule has 0 saturated heterocycles. The Labute approximate surface area is 114 Å². The molecule has 1 unspecified atom stereocenters. The first-order valence-electron chi connectivity index (χ1n) is 6.87. The molecule has 1 atom stereocenters. The van der Waals surface area contributed by atoms with E-state index < -0.39 is 0 Å². The average molecular weight is 262 g/mol. The highest BCUT2D eigenvalue weighted by atomic mass is 16.5. The lowest BCUT2D eigenvalue weighted by Crippen LogP contribution is -2.37. The summed E-state index contributed by atoms with van der Waals surface area (Å²) >= 11 is 0. The van der Waals surface area contributed by atoms with Gasteiger partial charge in [-0.3, -0.25) is 4.79 Å². The SMILES string of the molecule is COc1cccc(C(=O)NC(C)C2CCCC2)c1N. The molecule has 4 heteroatoms. The molecule has 2 rings (SSSR count). The van der Waals surface area contributed by atoms with Crippen LogP contribution in [0.25, 0.3) is 0 Å². The topological polar surface area (TPSA) is 64.3 Å². The van der Waals surface area contributed by atoms with Crippen molar-refractivity contribution in [2.24, 2.45) is 5.92 Å². The molecule has 0 bridgehead atoms. The zero-order chi connectivity index (χ0) is 13.8. The van der Waals surface area contributed by atoms with Gasteiger partial charge in [-0.25, -0.2) is 0 Å². The van der Waals surface area contributed by atoms with Crippen LogP contribution in [0.3, 0.4) is 0 Å². The van der Waals surface area contributed by atoms with E-state index in [1.54, 1.807) is 25.3 Å². The van der Waals surface area contributed by atoms with Crippen molar-refractivity contribution in [3.8, 4) is 5.75 Å². The Balaban J connectivity index is 2.07. The summed E-state index contributed by atoms with van der Waals surface area (Å²) in [5, 5.41) is 3.06. The van der Waals surface area contributed by atoms with Gasteiger partial charge in [-0.2, -0.15) is 0 Å². The summed E-state index contributed by atoms with van der Waals surface area (Å²) in [6.45, 7) is 2.07. The Morgan fingerprint density at radius 1 is 1.42 bits per heavy atom. The number of nitrogen functional groups attached to an aromatic ring is 1. The van der Waals surface area contributed by atoms with Crippen molar-refractivity contribution in [2.45, 2.75) is 38.6 Å². The van der Waals surface area contributed by atoms with Crippen LogP contribution in [0.2, 0.25) is 0 Å². The van der Waals surface area contributed by atoms with Crippen LogP contribution in [0.4, 0.5) is 5.69 Å². The molecule has 0 radical (unpaired) electrons. The molecule has 0 spiro atoms. The quantitative estimate of drug-likeness (QED) is 0.820. The minimum atomic E-state index is -0.115. The highest BCUT2D eigenvalue weighted by Crippen LogP contribution is 2.28. The lowest BCUT2D eigenvalue weighted by molar-refractivity contribution is 0.0928. The standard InChI is InChI=1S/C15H22N2O2/c1-10(11-6-3-4-7-11)17-15(18)12-8-5-9-13(19-2)14(12)16/h5,8-11H,3-4,6-7,16H2,1-2H3,(H,17,18). The van der Waals surface area contributed by atoms with Crippen LogP contribution in [0.1, 0.15) is 43.0 Å². The third-order valence-electron chi connectivity index (χ3n) is 4.00. The fourth-order valence-electron chi connectivity index (χ4n) is 2.78. The minimum Gasteiger partial charge on any atom is -0.495 e. The fraction of sp³-hybridized carbons (Fsp3) is 0.533. The summed E-state index contributed by atoms with van der Waals surface area (Å²) in [5.74, 6) is 1.02. The van der Waals surface area contributed by atoms with Gasteiger partial charge in [0.05, 0.1) is 18.4 Å². The second kappa shape index (κ2) is 5.95. The average Bonchev–Trinajstić information content (AvgIpc) is 2.92. The number of anilines is 1. The number of ether oxygens (including phenoxy) is 1. The second-order valence-electron chi connectivity index (χ2n) is 5.23. The van der Waals surface area contributed by atoms with Crippen LogP contribution in [-0.4, -0.2) is 19.1 Å². The van der Waals surface area contributed by atoms with Crippen molar-refractivity contribution in [1.82, 2.24) is 5.32 Å². The molecule has 104 valence electrons. The molecule has 4 nitrogen and oxygen atoms in total. The molecule has 0 aliphatic heterocycles. The molecule has 0 aromatic heterocycles. The first kappa shape index (κ1) is 13.7. The second-order valence-corrected chi connectivity index (χ2v) is 5.23. The summed E-state index contributed by atoms with van der Waals surface area (Å²) in [7, 11) is 1.55. The van der Waals surface area contributed by atoms with Crippen LogP contribution in [0.15, 0.2) is 18.2 Å². The van der Waals surface area contributed by atoms with Crippen LogP contribution in [0, 0.1) is 5.92 Å². The lowest BCUT2D eigenvalue weighted by atomic mass is 9.99. The number of para-hydroxylation sites is 1. The molecule has 1 aliphatic rings. The molecule has 1 aliphatic carbocycles. The van der Waals surface area contributed by atoms with Crippen LogP contribution < -0.4 is 15.8 Å². The number of hydrogen-bond acceptors (Lipinski definition) is 3. The van der Waals surface area contributed by atoms with Crippen molar-refractivity contribution in [1.29, 1.82) is 0 Å². The number of nitrogens with two attached hydrogens (primary N) is 1. The van der Waals surface area contributed by atoms with Crippen LogP contribution in [0.5, 0.6) is 5.75 Å². The maximum atomic E-state index is 12.3. The largest absolute Gasteiger partial charge is 0.495 e. The van der Waals surface area contributed by atoms with Gasteiger partial charge in [0.2, 0.25) is 0 Å². The fourth-order valence-corrected chi connectivity index (χ4v) is 2.78. The highest BCUT2D eigenvalue weighted by Gasteiger charge is 2.24. The Morgan fingerprint density at radius 3 is 2.74 bits per heavy atom. The lowest BCUT2D eigenvalue weighted by Gasteiger charge is -2.21. The predicted molar refractivity (Wildman–Crippen MR) is 76.3 cm³/mol. The number of amides is 1. The van der Waals surface area contributed by atoms with Gasteiger partial charge in [0.15, 0.2) is 0 Å². The minimum absolute atomic E-state index is 0.115. The van der Waals surface area contributed by atoms with Crippen molar-refractivity contribution < 1.29 is 9.53 Å². The maximum absolute atomic E-state index is 12.3. The van der Waals surface area contributed by atoms with E-state index in [4.69, 9.17) is 10.5 Å². The third-order valence-corrected chi connectivity index (χ3v) is 4.00. The summed E-state index contributed by atoms with van der Waals surface area (Å²) in [6, 6.07) is 5.46. The van der Waals surface area contributed by atoms with Crippen molar-refractivity contribution in [2.75, 3.05) is 12.8 Å². The molecule has 1 amide bonds. The van der Waals surface area contributed by atoms with Gasteiger partial charge in [-0.15, -0.1) is 0 Å². The molecule has 1 saturated carbocycles. The molecule has 1 aromatic carbocycles. The molecule has 0 heterocycles. The van der Waals surface area contributed by atoms with E-state index in [9.17, 15) is 4.79 Å². The molecular weight excluding hydrogens is 240 g/mol. The van der Waals surface area contributed by atoms with E-state index in [1.807, 2.05) is 0 Å². The number of hydrogen-bond donors (Lipinski definition) is 2. The number of carbonyl (C=O) groups is 1. The van der Waals surface area contributed by atoms with Crippen molar-refractivity contribution >= 4 is 11.6 Å². The number of nitrogens with one attached hydrogen (secondary N) is 1. The molecule has 1 fully saturated rings. The molecule has 3 N–H and O–H groups in total. The van der Waals surface area contributed by atoms with Gasteiger partial charge in [0, 0.05) is 6.04 Å². The number of carbonyl (C=O) groups excluding carboxylic acids is 1. The summed E-state index contributed by atoms with van der Waals surface area (Å²) < 4.78 is 5.14. The van der Waals surface area contributed by atoms with Gasteiger partial charge in [0.25, 0.3) is 5.91 Å².